The van der Waals surface area contributed by atoms with Crippen molar-refractivity contribution in [1.82, 2.24) is 9.80 Å². The third kappa shape index (κ3) is 4.02. The number of hydrogen-bond donors (Lipinski definition) is 1. The van der Waals surface area contributed by atoms with E-state index in [0.717, 1.165) is 17.6 Å². The Balaban J connectivity index is 1.99. The van der Waals surface area contributed by atoms with Gasteiger partial charge in [0, 0.05) is 43.2 Å². The summed E-state index contributed by atoms with van der Waals surface area (Å²) in [5, 5.41) is 0. The molecule has 1 aromatic rings. The molecule has 3 nitrogen and oxygen atoms in total. The van der Waals surface area contributed by atoms with Gasteiger partial charge < -0.3 is 10.6 Å². The summed E-state index contributed by atoms with van der Waals surface area (Å²) in [6, 6.07) is 8.88. The SMILES string of the molecule is CCCN1CCN(C(CN)c2cccc(Br)c2)CC1. The Labute approximate surface area is 124 Å². The molecule has 0 aromatic heterocycles. The van der Waals surface area contributed by atoms with Crippen molar-refractivity contribution in [3.05, 3.63) is 34.3 Å². The average molecular weight is 326 g/mol. The highest BCUT2D eigenvalue weighted by Gasteiger charge is 2.23. The Morgan fingerprint density at radius 1 is 1.26 bits per heavy atom. The molecule has 1 aromatic carbocycles. The van der Waals surface area contributed by atoms with Gasteiger partial charge in [0.25, 0.3) is 0 Å². The molecule has 0 amide bonds. The molecule has 0 spiro atoms. The quantitative estimate of drug-likeness (QED) is 0.902. The largest absolute Gasteiger partial charge is 0.329 e. The van der Waals surface area contributed by atoms with Crippen molar-refractivity contribution in [2.24, 2.45) is 5.73 Å². The zero-order valence-corrected chi connectivity index (χ0v) is 13.3. The Hall–Kier alpha value is -0.420. The number of halogens is 1. The van der Waals surface area contributed by atoms with Crippen LogP contribution >= 0.6 is 15.9 Å². The molecule has 2 rings (SSSR count). The normalized spacial score (nSPS) is 19.5. The van der Waals surface area contributed by atoms with Crippen LogP contribution < -0.4 is 5.73 Å². The van der Waals surface area contributed by atoms with Gasteiger partial charge in [-0.15, -0.1) is 0 Å². The van der Waals surface area contributed by atoms with Crippen molar-refractivity contribution in [3.8, 4) is 0 Å². The molecule has 1 atom stereocenters. The van der Waals surface area contributed by atoms with E-state index < -0.39 is 0 Å². The van der Waals surface area contributed by atoms with Crippen LogP contribution in [-0.2, 0) is 0 Å². The first-order valence-electron chi connectivity index (χ1n) is 7.16. The number of piperazine rings is 1. The number of nitrogens with two attached hydrogens (primary N) is 1. The molecule has 4 heteroatoms. The van der Waals surface area contributed by atoms with Crippen molar-refractivity contribution in [2.75, 3.05) is 39.3 Å². The summed E-state index contributed by atoms with van der Waals surface area (Å²) in [4.78, 5) is 5.07. The van der Waals surface area contributed by atoms with Crippen LogP contribution in [-0.4, -0.2) is 49.1 Å². The molecule has 1 aliphatic heterocycles. The van der Waals surface area contributed by atoms with Crippen LogP contribution in [0.4, 0.5) is 0 Å². The van der Waals surface area contributed by atoms with Gasteiger partial charge in [0.05, 0.1) is 0 Å². The number of hydrogen-bond acceptors (Lipinski definition) is 3. The third-order valence-corrected chi connectivity index (χ3v) is 4.34. The second-order valence-electron chi connectivity index (χ2n) is 5.18. The summed E-state index contributed by atoms with van der Waals surface area (Å²) in [5.74, 6) is 0. The van der Waals surface area contributed by atoms with Gasteiger partial charge in [0.1, 0.15) is 0 Å². The molecule has 1 fully saturated rings. The predicted molar refractivity (Wildman–Crippen MR) is 84.2 cm³/mol. The topological polar surface area (TPSA) is 32.5 Å². The maximum atomic E-state index is 6.01. The Bertz CT molecular complexity index is 389. The van der Waals surface area contributed by atoms with Crippen LogP contribution in [0.5, 0.6) is 0 Å². The lowest BCUT2D eigenvalue weighted by Crippen LogP contribution is -2.49. The number of benzene rings is 1. The van der Waals surface area contributed by atoms with Crippen molar-refractivity contribution < 1.29 is 0 Å². The minimum atomic E-state index is 0.348. The highest BCUT2D eigenvalue weighted by Crippen LogP contribution is 2.23. The minimum Gasteiger partial charge on any atom is -0.329 e. The second-order valence-corrected chi connectivity index (χ2v) is 6.10. The second kappa shape index (κ2) is 7.39. The maximum Gasteiger partial charge on any atom is 0.0471 e. The molecule has 2 N–H and O–H groups in total. The van der Waals surface area contributed by atoms with E-state index in [-0.39, 0.29) is 0 Å². The van der Waals surface area contributed by atoms with E-state index in [9.17, 15) is 0 Å². The van der Waals surface area contributed by atoms with Gasteiger partial charge in [-0.05, 0) is 30.7 Å². The summed E-state index contributed by atoms with van der Waals surface area (Å²) in [7, 11) is 0. The first kappa shape index (κ1) is 15.0. The van der Waals surface area contributed by atoms with Crippen molar-refractivity contribution in [3.63, 3.8) is 0 Å². The number of rotatable bonds is 5. The van der Waals surface area contributed by atoms with Gasteiger partial charge in [-0.1, -0.05) is 35.0 Å². The van der Waals surface area contributed by atoms with Crippen LogP contribution in [0.25, 0.3) is 0 Å². The fraction of sp³-hybridized carbons (Fsp3) is 0.600. The first-order valence-corrected chi connectivity index (χ1v) is 7.95. The van der Waals surface area contributed by atoms with Crippen molar-refractivity contribution in [1.29, 1.82) is 0 Å². The van der Waals surface area contributed by atoms with E-state index >= 15 is 0 Å². The van der Waals surface area contributed by atoms with Crippen LogP contribution in [0.2, 0.25) is 0 Å². The summed E-state index contributed by atoms with van der Waals surface area (Å²) in [5.41, 5.74) is 7.33. The fourth-order valence-corrected chi connectivity index (χ4v) is 3.24. The third-order valence-electron chi connectivity index (χ3n) is 3.84. The summed E-state index contributed by atoms with van der Waals surface area (Å²) < 4.78 is 1.13. The van der Waals surface area contributed by atoms with E-state index in [2.05, 4.69) is 56.9 Å². The molecule has 1 heterocycles. The highest BCUT2D eigenvalue weighted by molar-refractivity contribution is 9.10. The monoisotopic (exact) mass is 325 g/mol. The molecule has 106 valence electrons. The van der Waals surface area contributed by atoms with Gasteiger partial charge in [0.15, 0.2) is 0 Å². The average Bonchev–Trinajstić information content (AvgIpc) is 2.42. The van der Waals surface area contributed by atoms with Crippen molar-refractivity contribution in [2.45, 2.75) is 19.4 Å². The lowest BCUT2D eigenvalue weighted by Gasteiger charge is -2.39. The molecule has 1 saturated heterocycles. The standard InChI is InChI=1S/C15H24BrN3/c1-2-6-18-7-9-19(10-8-18)15(12-17)13-4-3-5-14(16)11-13/h3-5,11,15H,2,6-10,12,17H2,1H3. The van der Waals surface area contributed by atoms with Gasteiger partial charge in [-0.2, -0.15) is 0 Å². The van der Waals surface area contributed by atoms with E-state index in [1.54, 1.807) is 0 Å². The first-order chi connectivity index (χ1) is 9.24. The van der Waals surface area contributed by atoms with Crippen LogP contribution in [0.15, 0.2) is 28.7 Å². The fourth-order valence-electron chi connectivity index (χ4n) is 2.82. The lowest BCUT2D eigenvalue weighted by molar-refractivity contribution is 0.0985. The molecule has 19 heavy (non-hydrogen) atoms. The van der Waals surface area contributed by atoms with Gasteiger partial charge >= 0.3 is 0 Å². The summed E-state index contributed by atoms with van der Waals surface area (Å²) in [6.45, 7) is 8.72. The minimum absolute atomic E-state index is 0.348. The van der Waals surface area contributed by atoms with Crippen molar-refractivity contribution >= 4 is 15.9 Å². The molecular weight excluding hydrogens is 302 g/mol. The van der Waals surface area contributed by atoms with E-state index in [1.807, 2.05) is 0 Å². The van der Waals surface area contributed by atoms with Crippen LogP contribution in [0.3, 0.4) is 0 Å². The predicted octanol–water partition coefficient (Wildman–Crippen LogP) is 2.48. The van der Waals surface area contributed by atoms with Crippen LogP contribution in [0.1, 0.15) is 24.9 Å². The number of nitrogens with zero attached hydrogens (tertiary/aromatic N) is 2. The zero-order valence-electron chi connectivity index (χ0n) is 11.7. The van der Waals surface area contributed by atoms with E-state index in [4.69, 9.17) is 5.73 Å². The summed E-state index contributed by atoms with van der Waals surface area (Å²) >= 11 is 3.55. The Kier molecular flexibility index (Phi) is 5.82. The molecule has 0 aliphatic carbocycles. The lowest BCUT2D eigenvalue weighted by atomic mass is 10.0. The van der Waals surface area contributed by atoms with Gasteiger partial charge in [0.2, 0.25) is 0 Å². The van der Waals surface area contributed by atoms with Crippen LogP contribution in [0, 0.1) is 0 Å². The zero-order chi connectivity index (χ0) is 13.7. The molecule has 1 aliphatic rings. The molecular formula is C15H24BrN3. The molecule has 0 radical (unpaired) electrons. The smallest absolute Gasteiger partial charge is 0.0471 e. The highest BCUT2D eigenvalue weighted by atomic mass is 79.9. The molecule has 1 unspecified atom stereocenters. The maximum absolute atomic E-state index is 6.01. The molecule has 0 saturated carbocycles. The summed E-state index contributed by atoms with van der Waals surface area (Å²) in [6.07, 6.45) is 1.24. The van der Waals surface area contributed by atoms with E-state index in [1.165, 1.54) is 31.6 Å². The molecule has 0 bridgehead atoms. The van der Waals surface area contributed by atoms with Gasteiger partial charge in [-0.3, -0.25) is 4.90 Å². The van der Waals surface area contributed by atoms with Gasteiger partial charge in [-0.25, -0.2) is 0 Å². The van der Waals surface area contributed by atoms with E-state index in [0.29, 0.717) is 12.6 Å². The Morgan fingerprint density at radius 2 is 2.00 bits per heavy atom. The Morgan fingerprint density at radius 3 is 2.58 bits per heavy atom.